The molecule has 0 unspecified atom stereocenters. The lowest BCUT2D eigenvalue weighted by molar-refractivity contribution is 0.102. The number of sulfonamides is 1. The van der Waals surface area contributed by atoms with Crippen LogP contribution in [0.5, 0.6) is 11.5 Å². The maximum absolute atomic E-state index is 12.9. The fourth-order valence-corrected chi connectivity index (χ4v) is 3.98. The molecule has 7 nitrogen and oxygen atoms in total. The smallest absolute Gasteiger partial charge is 0.264 e. The van der Waals surface area contributed by atoms with Crippen LogP contribution in [0.15, 0.2) is 77.7 Å². The Morgan fingerprint density at radius 3 is 2.20 bits per heavy atom. The molecule has 3 aromatic rings. The van der Waals surface area contributed by atoms with Crippen molar-refractivity contribution in [3.63, 3.8) is 0 Å². The summed E-state index contributed by atoms with van der Waals surface area (Å²) in [6.07, 6.45) is 0. The van der Waals surface area contributed by atoms with Crippen LogP contribution in [0.4, 0.5) is 11.4 Å². The average molecular weight is 426 g/mol. The van der Waals surface area contributed by atoms with E-state index >= 15 is 0 Å². The number of amides is 1. The Balaban J connectivity index is 1.83. The number of anilines is 2. The quantitative estimate of drug-likeness (QED) is 0.621. The Labute approximate surface area is 175 Å². The topological polar surface area (TPSA) is 84.9 Å². The van der Waals surface area contributed by atoms with E-state index < -0.39 is 10.0 Å². The molecule has 1 amide bonds. The Hall–Kier alpha value is -3.52. The van der Waals surface area contributed by atoms with Gasteiger partial charge in [0.05, 0.1) is 24.8 Å². The van der Waals surface area contributed by atoms with Gasteiger partial charge < -0.3 is 14.8 Å². The minimum Gasteiger partial charge on any atom is -0.497 e. The number of nitrogens with zero attached hydrogens (tertiary/aromatic N) is 1. The third-order valence-corrected chi connectivity index (χ3v) is 6.32. The van der Waals surface area contributed by atoms with Gasteiger partial charge in [0, 0.05) is 24.4 Å². The zero-order valence-electron chi connectivity index (χ0n) is 16.8. The van der Waals surface area contributed by atoms with Crippen molar-refractivity contribution in [1.29, 1.82) is 0 Å². The van der Waals surface area contributed by atoms with E-state index in [0.29, 0.717) is 28.4 Å². The molecular formula is C22H22N2O5S. The normalized spacial score (nSPS) is 10.9. The molecule has 0 aliphatic heterocycles. The summed E-state index contributed by atoms with van der Waals surface area (Å²) >= 11 is 0. The first-order valence-corrected chi connectivity index (χ1v) is 10.5. The number of rotatable bonds is 7. The van der Waals surface area contributed by atoms with Gasteiger partial charge >= 0.3 is 0 Å². The maximum atomic E-state index is 12.9. The molecule has 3 rings (SSSR count). The molecular weight excluding hydrogens is 404 g/mol. The molecule has 8 heteroatoms. The SMILES string of the molecule is COc1ccc(S(=O)(=O)N(C)c2cccc(C(=O)Nc3cccc(OC)c3)c2)cc1. The molecule has 0 aliphatic carbocycles. The fourth-order valence-electron chi connectivity index (χ4n) is 2.79. The van der Waals surface area contributed by atoms with E-state index in [1.807, 2.05) is 0 Å². The number of carbonyl (C=O) groups excluding carboxylic acids is 1. The summed E-state index contributed by atoms with van der Waals surface area (Å²) in [6.45, 7) is 0. The summed E-state index contributed by atoms with van der Waals surface area (Å²) in [6, 6.07) is 19.5. The maximum Gasteiger partial charge on any atom is 0.264 e. The van der Waals surface area contributed by atoms with Crippen molar-refractivity contribution in [2.75, 3.05) is 30.9 Å². The van der Waals surface area contributed by atoms with Crippen LogP contribution in [0.1, 0.15) is 10.4 Å². The summed E-state index contributed by atoms with van der Waals surface area (Å²) in [5.41, 5.74) is 1.26. The minimum absolute atomic E-state index is 0.122. The number of methoxy groups -OCH3 is 2. The molecule has 0 atom stereocenters. The molecule has 30 heavy (non-hydrogen) atoms. The van der Waals surface area contributed by atoms with Gasteiger partial charge in [0.2, 0.25) is 0 Å². The van der Waals surface area contributed by atoms with Gasteiger partial charge in [-0.15, -0.1) is 0 Å². The predicted octanol–water partition coefficient (Wildman–Crippen LogP) is 3.78. The van der Waals surface area contributed by atoms with E-state index in [9.17, 15) is 13.2 Å². The van der Waals surface area contributed by atoms with Gasteiger partial charge in [-0.2, -0.15) is 0 Å². The van der Waals surface area contributed by atoms with Gasteiger partial charge in [0.1, 0.15) is 11.5 Å². The summed E-state index contributed by atoms with van der Waals surface area (Å²) in [5, 5.41) is 2.78. The van der Waals surface area contributed by atoms with E-state index in [2.05, 4.69) is 5.32 Å². The van der Waals surface area contributed by atoms with Crippen LogP contribution in [0.25, 0.3) is 0 Å². The number of carbonyl (C=O) groups is 1. The summed E-state index contributed by atoms with van der Waals surface area (Å²) in [7, 11) is 0.702. The number of hydrogen-bond acceptors (Lipinski definition) is 5. The first kappa shape index (κ1) is 21.2. The highest BCUT2D eigenvalue weighted by Gasteiger charge is 2.22. The van der Waals surface area contributed by atoms with Gasteiger partial charge in [-0.05, 0) is 54.6 Å². The van der Waals surface area contributed by atoms with Crippen molar-refractivity contribution in [1.82, 2.24) is 0 Å². The summed E-state index contributed by atoms with van der Waals surface area (Å²) in [4.78, 5) is 12.8. The van der Waals surface area contributed by atoms with Crippen LogP contribution in [-0.4, -0.2) is 35.6 Å². The number of benzene rings is 3. The van der Waals surface area contributed by atoms with Crippen molar-refractivity contribution in [3.8, 4) is 11.5 Å². The van der Waals surface area contributed by atoms with E-state index in [4.69, 9.17) is 9.47 Å². The van der Waals surface area contributed by atoms with Gasteiger partial charge in [0.15, 0.2) is 0 Å². The first-order chi connectivity index (χ1) is 14.3. The third kappa shape index (κ3) is 4.55. The van der Waals surface area contributed by atoms with E-state index in [0.717, 1.165) is 4.31 Å². The molecule has 1 N–H and O–H groups in total. The molecule has 0 radical (unpaired) electrons. The largest absolute Gasteiger partial charge is 0.497 e. The lowest BCUT2D eigenvalue weighted by Crippen LogP contribution is -2.26. The fraction of sp³-hybridized carbons (Fsp3) is 0.136. The Kier molecular flexibility index (Phi) is 6.27. The van der Waals surface area contributed by atoms with Crippen LogP contribution in [0, 0.1) is 0 Å². The Bertz CT molecular complexity index is 1140. The molecule has 0 saturated heterocycles. The Morgan fingerprint density at radius 1 is 0.867 bits per heavy atom. The van der Waals surface area contributed by atoms with Crippen LogP contribution in [-0.2, 0) is 10.0 Å². The van der Waals surface area contributed by atoms with E-state index in [-0.39, 0.29) is 10.8 Å². The number of ether oxygens (including phenoxy) is 2. The van der Waals surface area contributed by atoms with Gasteiger partial charge in [-0.1, -0.05) is 12.1 Å². The second kappa shape index (κ2) is 8.87. The lowest BCUT2D eigenvalue weighted by atomic mass is 10.2. The van der Waals surface area contributed by atoms with Crippen LogP contribution in [0.2, 0.25) is 0 Å². The molecule has 0 spiro atoms. The first-order valence-electron chi connectivity index (χ1n) is 9.03. The van der Waals surface area contributed by atoms with Crippen molar-refractivity contribution < 1.29 is 22.7 Å². The van der Waals surface area contributed by atoms with Crippen molar-refractivity contribution in [3.05, 3.63) is 78.4 Å². The van der Waals surface area contributed by atoms with Crippen molar-refractivity contribution in [2.45, 2.75) is 4.90 Å². The lowest BCUT2D eigenvalue weighted by Gasteiger charge is -2.20. The highest BCUT2D eigenvalue weighted by Crippen LogP contribution is 2.25. The zero-order valence-corrected chi connectivity index (χ0v) is 17.6. The van der Waals surface area contributed by atoms with Crippen LogP contribution >= 0.6 is 0 Å². The number of hydrogen-bond donors (Lipinski definition) is 1. The highest BCUT2D eigenvalue weighted by molar-refractivity contribution is 7.92. The molecule has 0 aliphatic rings. The molecule has 0 saturated carbocycles. The minimum atomic E-state index is -3.80. The molecule has 3 aromatic carbocycles. The number of nitrogens with one attached hydrogen (secondary N) is 1. The highest BCUT2D eigenvalue weighted by atomic mass is 32.2. The summed E-state index contributed by atoms with van der Waals surface area (Å²) in [5.74, 6) is 0.819. The Morgan fingerprint density at radius 2 is 1.53 bits per heavy atom. The summed E-state index contributed by atoms with van der Waals surface area (Å²) < 4.78 is 37.3. The standard InChI is InChI=1S/C22H22N2O5S/c1-24(30(26,27)21-12-10-19(28-2)11-13-21)18-8-4-6-16(14-18)22(25)23-17-7-5-9-20(15-17)29-3/h4-15H,1-3H3,(H,23,25). The van der Waals surface area contributed by atoms with Crippen molar-refractivity contribution >= 4 is 27.3 Å². The monoisotopic (exact) mass is 426 g/mol. The van der Waals surface area contributed by atoms with Gasteiger partial charge in [-0.25, -0.2) is 8.42 Å². The van der Waals surface area contributed by atoms with E-state index in [1.165, 1.54) is 32.4 Å². The average Bonchev–Trinajstić information content (AvgIpc) is 2.78. The molecule has 156 valence electrons. The second-order valence-electron chi connectivity index (χ2n) is 6.38. The van der Waals surface area contributed by atoms with E-state index in [1.54, 1.807) is 61.7 Å². The van der Waals surface area contributed by atoms with Gasteiger partial charge in [-0.3, -0.25) is 9.10 Å². The van der Waals surface area contributed by atoms with Crippen molar-refractivity contribution in [2.24, 2.45) is 0 Å². The molecule has 0 bridgehead atoms. The van der Waals surface area contributed by atoms with Crippen LogP contribution in [0.3, 0.4) is 0 Å². The van der Waals surface area contributed by atoms with Gasteiger partial charge in [0.25, 0.3) is 15.9 Å². The molecule has 0 heterocycles. The molecule has 0 aromatic heterocycles. The zero-order chi connectivity index (χ0) is 21.7. The second-order valence-corrected chi connectivity index (χ2v) is 8.35. The third-order valence-electron chi connectivity index (χ3n) is 4.52. The van der Waals surface area contributed by atoms with Crippen LogP contribution < -0.4 is 19.1 Å². The predicted molar refractivity (Wildman–Crippen MR) is 116 cm³/mol. The molecule has 0 fully saturated rings.